The minimum atomic E-state index is 0.616. The Kier molecular flexibility index (Phi) is 4.86. The SMILES string of the molecule is CCN1CCCC(Nc2ccccc2Br)CC1. The van der Waals surface area contributed by atoms with Crippen molar-refractivity contribution in [3.05, 3.63) is 28.7 Å². The molecule has 94 valence electrons. The Hall–Kier alpha value is -0.540. The third-order valence-corrected chi connectivity index (χ3v) is 4.19. The summed E-state index contributed by atoms with van der Waals surface area (Å²) in [4.78, 5) is 2.54. The van der Waals surface area contributed by atoms with Crippen molar-refractivity contribution in [3.8, 4) is 0 Å². The first kappa shape index (κ1) is 12.9. The lowest BCUT2D eigenvalue weighted by atomic mass is 10.1. The zero-order chi connectivity index (χ0) is 12.1. The van der Waals surface area contributed by atoms with Crippen LogP contribution in [0.1, 0.15) is 26.2 Å². The normalized spacial score (nSPS) is 22.1. The maximum absolute atomic E-state index is 3.66. The zero-order valence-corrected chi connectivity index (χ0v) is 12.0. The van der Waals surface area contributed by atoms with Gasteiger partial charge in [-0.3, -0.25) is 0 Å². The molecule has 0 saturated carbocycles. The molecular formula is C14H21BrN2. The van der Waals surface area contributed by atoms with E-state index in [9.17, 15) is 0 Å². The van der Waals surface area contributed by atoms with Crippen LogP contribution in [-0.4, -0.2) is 30.6 Å². The van der Waals surface area contributed by atoms with Crippen molar-refractivity contribution in [2.45, 2.75) is 32.2 Å². The second kappa shape index (κ2) is 6.41. The number of anilines is 1. The molecule has 17 heavy (non-hydrogen) atoms. The standard InChI is InChI=1S/C14H21BrN2/c1-2-17-10-5-6-12(9-11-17)16-14-8-4-3-7-13(14)15/h3-4,7-8,12,16H,2,5-6,9-11H2,1H3. The van der Waals surface area contributed by atoms with Gasteiger partial charge in [0.25, 0.3) is 0 Å². The van der Waals surface area contributed by atoms with Gasteiger partial charge in [0.15, 0.2) is 0 Å². The number of nitrogens with one attached hydrogen (secondary N) is 1. The van der Waals surface area contributed by atoms with E-state index in [-0.39, 0.29) is 0 Å². The third-order valence-electron chi connectivity index (χ3n) is 3.50. The Morgan fingerprint density at radius 3 is 2.88 bits per heavy atom. The number of halogens is 1. The van der Waals surface area contributed by atoms with Crippen molar-refractivity contribution >= 4 is 21.6 Å². The number of benzene rings is 1. The first-order valence-corrected chi connectivity index (χ1v) is 7.32. The maximum atomic E-state index is 3.66. The molecule has 0 bridgehead atoms. The van der Waals surface area contributed by atoms with Crippen LogP contribution in [0.4, 0.5) is 5.69 Å². The number of hydrogen-bond donors (Lipinski definition) is 1. The Labute approximate surface area is 113 Å². The fourth-order valence-electron chi connectivity index (χ4n) is 2.41. The van der Waals surface area contributed by atoms with E-state index in [1.54, 1.807) is 0 Å². The average molecular weight is 297 g/mol. The van der Waals surface area contributed by atoms with E-state index in [0.29, 0.717) is 6.04 Å². The molecule has 1 saturated heterocycles. The highest BCUT2D eigenvalue weighted by Crippen LogP contribution is 2.24. The van der Waals surface area contributed by atoms with E-state index in [1.165, 1.54) is 44.6 Å². The lowest BCUT2D eigenvalue weighted by Crippen LogP contribution is -2.26. The Balaban J connectivity index is 1.93. The van der Waals surface area contributed by atoms with Crippen LogP contribution in [-0.2, 0) is 0 Å². The number of rotatable bonds is 3. The smallest absolute Gasteiger partial charge is 0.0486 e. The van der Waals surface area contributed by atoms with Gasteiger partial charge >= 0.3 is 0 Å². The lowest BCUT2D eigenvalue weighted by Gasteiger charge is -2.19. The van der Waals surface area contributed by atoms with Crippen LogP contribution in [0.15, 0.2) is 28.7 Å². The fraction of sp³-hybridized carbons (Fsp3) is 0.571. The molecule has 2 rings (SSSR count). The van der Waals surface area contributed by atoms with Gasteiger partial charge in [-0.1, -0.05) is 19.1 Å². The first-order valence-electron chi connectivity index (χ1n) is 6.53. The molecule has 0 aliphatic carbocycles. The van der Waals surface area contributed by atoms with Gasteiger partial charge in [-0.05, 0) is 60.4 Å². The average Bonchev–Trinajstić information content (AvgIpc) is 2.57. The summed E-state index contributed by atoms with van der Waals surface area (Å²) >= 11 is 3.60. The van der Waals surface area contributed by atoms with Gasteiger partial charge < -0.3 is 10.2 Å². The first-order chi connectivity index (χ1) is 8.29. The highest BCUT2D eigenvalue weighted by Gasteiger charge is 2.16. The van der Waals surface area contributed by atoms with Gasteiger partial charge in [-0.25, -0.2) is 0 Å². The zero-order valence-electron chi connectivity index (χ0n) is 10.5. The monoisotopic (exact) mass is 296 g/mol. The van der Waals surface area contributed by atoms with E-state index in [0.717, 1.165) is 4.47 Å². The molecule has 0 spiro atoms. The number of nitrogens with zero attached hydrogens (tertiary/aromatic N) is 1. The minimum Gasteiger partial charge on any atom is -0.381 e. The number of likely N-dealkylation sites (tertiary alicyclic amines) is 1. The van der Waals surface area contributed by atoms with E-state index >= 15 is 0 Å². The van der Waals surface area contributed by atoms with Gasteiger partial charge in [-0.15, -0.1) is 0 Å². The van der Waals surface area contributed by atoms with Gasteiger partial charge in [0.1, 0.15) is 0 Å². The van der Waals surface area contributed by atoms with Crippen molar-refractivity contribution in [2.24, 2.45) is 0 Å². The molecule has 1 aliphatic rings. The van der Waals surface area contributed by atoms with Crippen LogP contribution >= 0.6 is 15.9 Å². The Morgan fingerprint density at radius 2 is 2.12 bits per heavy atom. The predicted molar refractivity (Wildman–Crippen MR) is 77.5 cm³/mol. The van der Waals surface area contributed by atoms with Crippen molar-refractivity contribution in [1.82, 2.24) is 4.90 Å². The summed E-state index contributed by atoms with van der Waals surface area (Å²) in [5, 5.41) is 3.66. The summed E-state index contributed by atoms with van der Waals surface area (Å²) in [6.45, 7) is 5.91. The summed E-state index contributed by atoms with van der Waals surface area (Å²) in [5.41, 5.74) is 1.22. The summed E-state index contributed by atoms with van der Waals surface area (Å²) in [6.07, 6.45) is 3.82. The minimum absolute atomic E-state index is 0.616. The van der Waals surface area contributed by atoms with Gasteiger partial charge in [0.05, 0.1) is 0 Å². The second-order valence-corrected chi connectivity index (χ2v) is 5.54. The molecular weight excluding hydrogens is 276 g/mol. The van der Waals surface area contributed by atoms with E-state index < -0.39 is 0 Å². The summed E-state index contributed by atoms with van der Waals surface area (Å²) in [6, 6.07) is 9.00. The Morgan fingerprint density at radius 1 is 1.29 bits per heavy atom. The fourth-order valence-corrected chi connectivity index (χ4v) is 2.81. The largest absolute Gasteiger partial charge is 0.381 e. The molecule has 1 atom stereocenters. The maximum Gasteiger partial charge on any atom is 0.0486 e. The Bertz CT molecular complexity index is 354. The summed E-state index contributed by atoms with van der Waals surface area (Å²) in [7, 11) is 0. The number of para-hydroxylation sites is 1. The number of hydrogen-bond acceptors (Lipinski definition) is 2. The van der Waals surface area contributed by atoms with Gasteiger partial charge in [0.2, 0.25) is 0 Å². The molecule has 1 fully saturated rings. The van der Waals surface area contributed by atoms with E-state index in [4.69, 9.17) is 0 Å². The molecule has 0 aromatic heterocycles. The summed E-state index contributed by atoms with van der Waals surface area (Å²) < 4.78 is 1.16. The molecule has 1 aromatic rings. The molecule has 1 heterocycles. The van der Waals surface area contributed by atoms with Crippen molar-refractivity contribution in [2.75, 3.05) is 25.0 Å². The highest BCUT2D eigenvalue weighted by atomic mass is 79.9. The molecule has 3 heteroatoms. The highest BCUT2D eigenvalue weighted by molar-refractivity contribution is 9.10. The molecule has 0 amide bonds. The van der Waals surface area contributed by atoms with Gasteiger partial charge in [0, 0.05) is 22.7 Å². The topological polar surface area (TPSA) is 15.3 Å². The van der Waals surface area contributed by atoms with E-state index in [2.05, 4.69) is 57.3 Å². The molecule has 2 nitrogen and oxygen atoms in total. The third kappa shape index (κ3) is 3.71. The molecule has 1 aliphatic heterocycles. The second-order valence-electron chi connectivity index (χ2n) is 4.69. The lowest BCUT2D eigenvalue weighted by molar-refractivity contribution is 0.300. The van der Waals surface area contributed by atoms with E-state index in [1.807, 2.05) is 0 Å². The van der Waals surface area contributed by atoms with Crippen molar-refractivity contribution in [1.29, 1.82) is 0 Å². The molecule has 0 radical (unpaired) electrons. The van der Waals surface area contributed by atoms with Crippen LogP contribution < -0.4 is 5.32 Å². The van der Waals surface area contributed by atoms with Crippen LogP contribution in [0.5, 0.6) is 0 Å². The van der Waals surface area contributed by atoms with Crippen molar-refractivity contribution < 1.29 is 0 Å². The van der Waals surface area contributed by atoms with Crippen LogP contribution in [0.3, 0.4) is 0 Å². The quantitative estimate of drug-likeness (QED) is 0.914. The molecule has 1 N–H and O–H groups in total. The predicted octanol–water partition coefficient (Wildman–Crippen LogP) is 3.74. The van der Waals surface area contributed by atoms with Gasteiger partial charge in [-0.2, -0.15) is 0 Å². The van der Waals surface area contributed by atoms with Crippen LogP contribution in [0.25, 0.3) is 0 Å². The van der Waals surface area contributed by atoms with Crippen molar-refractivity contribution in [3.63, 3.8) is 0 Å². The molecule has 1 unspecified atom stereocenters. The van der Waals surface area contributed by atoms with Crippen LogP contribution in [0, 0.1) is 0 Å². The summed E-state index contributed by atoms with van der Waals surface area (Å²) in [5.74, 6) is 0. The molecule has 1 aromatic carbocycles. The van der Waals surface area contributed by atoms with Crippen LogP contribution in [0.2, 0.25) is 0 Å².